The molecule has 0 spiro atoms. The number of pyridine rings is 1. The number of fused-ring (bicyclic) bond motifs is 1. The zero-order valence-corrected chi connectivity index (χ0v) is 17.8. The van der Waals surface area contributed by atoms with Gasteiger partial charge in [0.15, 0.2) is 11.5 Å². The van der Waals surface area contributed by atoms with Gasteiger partial charge >= 0.3 is 0 Å². The number of hydrogen-bond donors (Lipinski definition) is 2. The molecule has 0 saturated heterocycles. The van der Waals surface area contributed by atoms with E-state index in [4.69, 9.17) is 21.1 Å². The molecule has 0 radical (unpaired) electrons. The molecular formula is C24H21ClF2N2O3. The third-order valence-electron chi connectivity index (χ3n) is 5.05. The highest BCUT2D eigenvalue weighted by Gasteiger charge is 2.22. The van der Waals surface area contributed by atoms with Crippen molar-refractivity contribution in [2.45, 2.75) is 12.5 Å². The molecule has 2 aromatic carbocycles. The Morgan fingerprint density at radius 1 is 1.06 bits per heavy atom. The van der Waals surface area contributed by atoms with E-state index < -0.39 is 18.6 Å². The van der Waals surface area contributed by atoms with Gasteiger partial charge in [-0.3, -0.25) is 0 Å². The van der Waals surface area contributed by atoms with E-state index in [1.807, 2.05) is 6.07 Å². The number of aromatic amines is 1. The standard InChI is InChI=1S/C24H21ClF2N2O3/c25-16-7-6-15(20(27)13-16)8-11-31-21-5-1-3-18(23(21)32-12-9-26)22(30)19-14-29-24-17(19)4-2-10-28-24/h1-7,10,13-14,22,30H,8-9,11-12H2,(H,28,29). The minimum Gasteiger partial charge on any atom is -0.489 e. The average molecular weight is 459 g/mol. The Hall–Kier alpha value is -3.16. The molecule has 0 bridgehead atoms. The highest BCUT2D eigenvalue weighted by molar-refractivity contribution is 6.30. The number of aromatic nitrogens is 2. The maximum atomic E-state index is 14.0. The van der Waals surface area contributed by atoms with E-state index in [1.165, 1.54) is 6.07 Å². The summed E-state index contributed by atoms with van der Waals surface area (Å²) in [5.41, 5.74) is 2.14. The number of hydrogen-bond acceptors (Lipinski definition) is 4. The summed E-state index contributed by atoms with van der Waals surface area (Å²) < 4.78 is 38.4. The molecule has 1 unspecified atom stereocenters. The van der Waals surface area contributed by atoms with E-state index in [0.29, 0.717) is 39.5 Å². The van der Waals surface area contributed by atoms with Gasteiger partial charge < -0.3 is 19.6 Å². The van der Waals surface area contributed by atoms with E-state index in [9.17, 15) is 13.9 Å². The molecule has 1 atom stereocenters. The number of ether oxygens (including phenoxy) is 2. The second kappa shape index (κ2) is 9.97. The Balaban J connectivity index is 1.59. The van der Waals surface area contributed by atoms with Crippen LogP contribution in [0.3, 0.4) is 0 Å². The molecule has 0 saturated carbocycles. The predicted molar refractivity (Wildman–Crippen MR) is 119 cm³/mol. The molecule has 0 aliphatic rings. The topological polar surface area (TPSA) is 67.4 Å². The van der Waals surface area contributed by atoms with E-state index in [0.717, 1.165) is 5.39 Å². The van der Waals surface area contributed by atoms with Crippen molar-refractivity contribution < 1.29 is 23.4 Å². The molecule has 5 nitrogen and oxygen atoms in total. The molecule has 32 heavy (non-hydrogen) atoms. The van der Waals surface area contributed by atoms with Crippen molar-refractivity contribution in [3.63, 3.8) is 0 Å². The molecule has 166 valence electrons. The monoisotopic (exact) mass is 458 g/mol. The van der Waals surface area contributed by atoms with Crippen molar-refractivity contribution >= 4 is 22.6 Å². The van der Waals surface area contributed by atoms with Crippen LogP contribution >= 0.6 is 11.6 Å². The SMILES string of the molecule is OC(c1cccc(OCCc2ccc(Cl)cc2F)c1OCCF)c1c[nH]c2ncccc12. The lowest BCUT2D eigenvalue weighted by Crippen LogP contribution is -2.10. The fourth-order valence-corrected chi connectivity index (χ4v) is 3.68. The summed E-state index contributed by atoms with van der Waals surface area (Å²) in [7, 11) is 0. The first-order valence-electron chi connectivity index (χ1n) is 10.1. The first-order chi connectivity index (χ1) is 15.6. The van der Waals surface area contributed by atoms with Crippen LogP contribution < -0.4 is 9.47 Å². The van der Waals surface area contributed by atoms with Gasteiger partial charge in [0.2, 0.25) is 0 Å². The second-order valence-corrected chi connectivity index (χ2v) is 7.53. The quantitative estimate of drug-likeness (QED) is 0.352. The van der Waals surface area contributed by atoms with Gasteiger partial charge in [0, 0.05) is 40.4 Å². The smallest absolute Gasteiger partial charge is 0.167 e. The highest BCUT2D eigenvalue weighted by Crippen LogP contribution is 2.39. The van der Waals surface area contributed by atoms with Crippen LogP contribution in [0.25, 0.3) is 11.0 Å². The molecule has 8 heteroatoms. The third-order valence-corrected chi connectivity index (χ3v) is 5.28. The number of aliphatic hydroxyl groups is 1. The van der Waals surface area contributed by atoms with Crippen LogP contribution in [0.15, 0.2) is 60.9 Å². The van der Waals surface area contributed by atoms with Crippen molar-refractivity contribution in [3.05, 3.63) is 88.5 Å². The summed E-state index contributed by atoms with van der Waals surface area (Å²) in [5, 5.41) is 12.2. The van der Waals surface area contributed by atoms with Gasteiger partial charge in [-0.1, -0.05) is 29.8 Å². The fraction of sp³-hybridized carbons (Fsp3) is 0.208. The minimum absolute atomic E-state index is 0.154. The molecule has 2 N–H and O–H groups in total. The normalized spacial score (nSPS) is 12.1. The van der Waals surface area contributed by atoms with Gasteiger partial charge in [-0.25, -0.2) is 13.8 Å². The van der Waals surface area contributed by atoms with Crippen molar-refractivity contribution in [3.8, 4) is 11.5 Å². The Morgan fingerprint density at radius 3 is 2.75 bits per heavy atom. The summed E-state index contributed by atoms with van der Waals surface area (Å²) in [6, 6.07) is 13.2. The summed E-state index contributed by atoms with van der Waals surface area (Å²) in [5.74, 6) is 0.168. The van der Waals surface area contributed by atoms with Crippen LogP contribution in [0.4, 0.5) is 8.78 Å². The second-order valence-electron chi connectivity index (χ2n) is 7.09. The van der Waals surface area contributed by atoms with Gasteiger partial charge in [0.25, 0.3) is 0 Å². The molecule has 0 amide bonds. The van der Waals surface area contributed by atoms with Gasteiger partial charge in [-0.05, 0) is 35.9 Å². The zero-order valence-electron chi connectivity index (χ0n) is 17.0. The van der Waals surface area contributed by atoms with Crippen LogP contribution in [0, 0.1) is 5.82 Å². The number of rotatable bonds is 9. The number of nitrogens with one attached hydrogen (secondary N) is 1. The van der Waals surface area contributed by atoms with Gasteiger partial charge in [-0.2, -0.15) is 0 Å². The van der Waals surface area contributed by atoms with E-state index in [-0.39, 0.29) is 19.0 Å². The molecule has 2 heterocycles. The lowest BCUT2D eigenvalue weighted by atomic mass is 10.0. The first kappa shape index (κ1) is 22.0. The predicted octanol–water partition coefficient (Wildman–Crippen LogP) is 5.41. The highest BCUT2D eigenvalue weighted by atomic mass is 35.5. The summed E-state index contributed by atoms with van der Waals surface area (Å²) >= 11 is 5.79. The van der Waals surface area contributed by atoms with Crippen molar-refractivity contribution in [2.24, 2.45) is 0 Å². The lowest BCUT2D eigenvalue weighted by Gasteiger charge is -2.19. The Morgan fingerprint density at radius 2 is 1.94 bits per heavy atom. The van der Waals surface area contributed by atoms with Gasteiger partial charge in [0.1, 0.15) is 30.8 Å². The van der Waals surface area contributed by atoms with Crippen molar-refractivity contribution in [2.75, 3.05) is 19.9 Å². The van der Waals surface area contributed by atoms with Crippen LogP contribution in [0.5, 0.6) is 11.5 Å². The number of para-hydroxylation sites is 1. The van der Waals surface area contributed by atoms with Crippen LogP contribution in [-0.4, -0.2) is 35.0 Å². The van der Waals surface area contributed by atoms with E-state index in [1.54, 1.807) is 48.8 Å². The summed E-state index contributed by atoms with van der Waals surface area (Å²) in [6.07, 6.45) is 2.58. The van der Waals surface area contributed by atoms with Crippen LogP contribution in [0.1, 0.15) is 22.8 Å². The average Bonchev–Trinajstić information content (AvgIpc) is 3.23. The minimum atomic E-state index is -1.06. The number of halogens is 3. The Kier molecular flexibility index (Phi) is 6.87. The molecule has 0 fully saturated rings. The lowest BCUT2D eigenvalue weighted by molar-refractivity contribution is 0.202. The number of nitrogens with zero attached hydrogens (tertiary/aromatic N) is 1. The van der Waals surface area contributed by atoms with Gasteiger partial charge in [-0.15, -0.1) is 0 Å². The van der Waals surface area contributed by atoms with Crippen molar-refractivity contribution in [1.29, 1.82) is 0 Å². The Bertz CT molecular complexity index is 1220. The largest absolute Gasteiger partial charge is 0.489 e. The molecule has 2 aromatic heterocycles. The fourth-order valence-electron chi connectivity index (χ4n) is 3.52. The maximum absolute atomic E-state index is 14.0. The van der Waals surface area contributed by atoms with E-state index >= 15 is 0 Å². The first-order valence-corrected chi connectivity index (χ1v) is 10.4. The molecular weight excluding hydrogens is 438 g/mol. The third kappa shape index (κ3) is 4.69. The molecule has 4 rings (SSSR count). The summed E-state index contributed by atoms with van der Waals surface area (Å²) in [6.45, 7) is -0.737. The number of H-pyrrole nitrogens is 1. The van der Waals surface area contributed by atoms with Crippen molar-refractivity contribution in [1.82, 2.24) is 9.97 Å². The van der Waals surface area contributed by atoms with Crippen LogP contribution in [-0.2, 0) is 6.42 Å². The van der Waals surface area contributed by atoms with Crippen LogP contribution in [0.2, 0.25) is 5.02 Å². The number of benzene rings is 2. The molecule has 4 aromatic rings. The number of alkyl halides is 1. The van der Waals surface area contributed by atoms with Gasteiger partial charge in [0.05, 0.1) is 6.61 Å². The zero-order chi connectivity index (χ0) is 22.5. The number of aliphatic hydroxyl groups excluding tert-OH is 1. The maximum Gasteiger partial charge on any atom is 0.167 e. The molecule has 0 aliphatic heterocycles. The van der Waals surface area contributed by atoms with E-state index in [2.05, 4.69) is 9.97 Å². The molecule has 0 aliphatic carbocycles. The summed E-state index contributed by atoms with van der Waals surface area (Å²) in [4.78, 5) is 7.27. The Labute approximate surface area is 188 Å².